The van der Waals surface area contributed by atoms with E-state index in [1.165, 1.54) is 42.8 Å². The normalized spacial score (nSPS) is 18.9. The molecule has 96 heavy (non-hydrogen) atoms. The Morgan fingerprint density at radius 2 is 1.18 bits per heavy atom. The Balaban J connectivity index is 0.000000197. The van der Waals surface area contributed by atoms with E-state index in [1.807, 2.05) is 120 Å². The minimum absolute atomic E-state index is 0.00100. The first-order valence-corrected chi connectivity index (χ1v) is 36.5. The maximum absolute atomic E-state index is 13.3. The van der Waals surface area contributed by atoms with Gasteiger partial charge in [0.1, 0.15) is 22.7 Å². The smallest absolute Gasteiger partial charge is 0.426 e. The second kappa shape index (κ2) is 32.2. The third-order valence-corrected chi connectivity index (χ3v) is 22.6. The molecule has 4 aliphatic rings. The van der Waals surface area contributed by atoms with Gasteiger partial charge in [-0.3, -0.25) is 29.3 Å². The van der Waals surface area contributed by atoms with E-state index in [9.17, 15) is 55.2 Å². The number of fused-ring (bicyclic) bond motifs is 3. The number of nitrogens with one attached hydrogen (secondary N) is 1. The van der Waals surface area contributed by atoms with Crippen molar-refractivity contribution >= 4 is 93.1 Å². The second-order valence-corrected chi connectivity index (χ2v) is 32.6. The number of benzene rings is 6. The molecule has 520 valence electrons. The molecule has 4 unspecified atom stereocenters. The molecule has 4 atom stereocenters. The summed E-state index contributed by atoms with van der Waals surface area (Å²) in [6, 6.07) is 50.3. The van der Waals surface area contributed by atoms with Crippen LogP contribution >= 0.6 is 33.1 Å². The standard InChI is InChI=1S/C20H29F3O7S.C18H13S.C15H22O2.C13H16INO3.C10H14O/c1-4-17(2,3)15(24)30-19-8-12-5-13(9-19)7-18(6-12,11-19)16(25)29-14(20(21,22)23)10-31(26,27)28;1-2-8-14(9-3-1)19-17-12-6-4-10-15(17)16-11-5-7-13-18(16)19;1-6-14(2,3)13(16)17-15(4,5)12-10-8-7-9-11-12;1-4-13(2,3)12(18)15-11(17)9-7-8(14)5-6-10(9)16;1-3-8(2)9-5-4-6-10(11)7-9/h12-14H,4-11H2,1-3H3,(H,26,27,28);1-13H;7-11H,6H2,1-5H3;5-7,16H,4H2,1-3H3,(H,15,17,18);4-8,11H,3H2,1-2H3/q;+1;;;/p-1. The fraction of sp³-hybridized carbons (Fsp3) is 0.461. The Labute approximate surface area is 580 Å². The van der Waals surface area contributed by atoms with Crippen molar-refractivity contribution < 1.29 is 74.5 Å². The number of esters is 3. The van der Waals surface area contributed by atoms with Crippen molar-refractivity contribution in [1.82, 2.24) is 5.32 Å². The number of carbonyl (C=O) groups excluding carboxylic acids is 5. The van der Waals surface area contributed by atoms with E-state index in [-0.39, 0.29) is 51.9 Å². The number of hydrogen-bond donors (Lipinski definition) is 3. The number of hydrogen-bond acceptors (Lipinski definition) is 13. The van der Waals surface area contributed by atoms with Crippen LogP contribution in [-0.2, 0) is 49.1 Å². The van der Waals surface area contributed by atoms with Gasteiger partial charge in [0.25, 0.3) is 5.91 Å². The van der Waals surface area contributed by atoms with E-state index in [0.29, 0.717) is 50.2 Å². The lowest BCUT2D eigenvalue weighted by atomic mass is 9.48. The van der Waals surface area contributed by atoms with Crippen LogP contribution in [0.4, 0.5) is 13.2 Å². The molecule has 7 aromatic rings. The molecule has 11 rings (SSSR count). The van der Waals surface area contributed by atoms with Crippen molar-refractivity contribution in [2.24, 2.45) is 33.5 Å². The highest BCUT2D eigenvalue weighted by Crippen LogP contribution is 2.64. The molecular weight excluding hydrogens is 1380 g/mol. The summed E-state index contributed by atoms with van der Waals surface area (Å²) >= 11 is 2.04. The van der Waals surface area contributed by atoms with Crippen molar-refractivity contribution in [3.63, 3.8) is 0 Å². The van der Waals surface area contributed by atoms with Gasteiger partial charge in [-0.2, -0.15) is 13.2 Å². The second-order valence-electron chi connectivity index (χ2n) is 27.9. The van der Waals surface area contributed by atoms with Gasteiger partial charge in [-0.15, -0.1) is 0 Å². The lowest BCUT2D eigenvalue weighted by molar-refractivity contribution is -0.239. The quantitative estimate of drug-likeness (QED) is 0.0254. The van der Waals surface area contributed by atoms with E-state index in [1.54, 1.807) is 39.8 Å². The van der Waals surface area contributed by atoms with E-state index >= 15 is 0 Å². The summed E-state index contributed by atoms with van der Waals surface area (Å²) in [5.74, 6) is -3.72. The maximum atomic E-state index is 13.3. The largest absolute Gasteiger partial charge is 0.748 e. The molecule has 20 heteroatoms. The Hall–Kier alpha value is -6.88. The number of rotatable bonds is 17. The predicted molar refractivity (Wildman–Crippen MR) is 380 cm³/mol. The van der Waals surface area contributed by atoms with Crippen LogP contribution in [0.2, 0.25) is 0 Å². The molecule has 0 saturated heterocycles. The van der Waals surface area contributed by atoms with Crippen LogP contribution in [0.25, 0.3) is 25.1 Å². The number of imide groups is 1. The van der Waals surface area contributed by atoms with Crippen LogP contribution in [0.15, 0.2) is 152 Å². The summed E-state index contributed by atoms with van der Waals surface area (Å²) in [5.41, 5.74) is -2.22. The van der Waals surface area contributed by atoms with Crippen molar-refractivity contribution in [2.75, 3.05) is 5.75 Å². The van der Waals surface area contributed by atoms with Crippen LogP contribution in [0.1, 0.15) is 182 Å². The summed E-state index contributed by atoms with van der Waals surface area (Å²) in [7, 11) is -5.21. The molecular formula is C76H93F3INO13S2. The molecule has 2 amide bonds. The summed E-state index contributed by atoms with van der Waals surface area (Å²) in [5, 5.41) is 23.9. The monoisotopic (exact) mass is 1480 g/mol. The minimum Gasteiger partial charge on any atom is -0.748 e. The van der Waals surface area contributed by atoms with Crippen molar-refractivity contribution in [3.05, 3.63) is 172 Å². The summed E-state index contributed by atoms with van der Waals surface area (Å²) < 4.78 is 92.4. The van der Waals surface area contributed by atoms with Gasteiger partial charge in [-0.1, -0.05) is 133 Å². The van der Waals surface area contributed by atoms with Gasteiger partial charge in [-0.05, 0) is 218 Å². The average Bonchev–Trinajstić information content (AvgIpc) is 0.909. The highest BCUT2D eigenvalue weighted by molar-refractivity contribution is 14.1. The van der Waals surface area contributed by atoms with E-state index in [4.69, 9.17) is 14.6 Å². The molecule has 4 bridgehead atoms. The molecule has 4 fully saturated rings. The van der Waals surface area contributed by atoms with E-state index in [2.05, 4.69) is 103 Å². The average molecular weight is 1480 g/mol. The van der Waals surface area contributed by atoms with Crippen molar-refractivity contribution in [3.8, 4) is 16.4 Å². The Morgan fingerprint density at radius 3 is 1.68 bits per heavy atom. The third-order valence-electron chi connectivity index (χ3n) is 18.9. The number of thiophene rings is 1. The molecule has 1 heterocycles. The molecule has 0 spiro atoms. The van der Waals surface area contributed by atoms with Crippen LogP contribution < -0.4 is 5.32 Å². The van der Waals surface area contributed by atoms with Crippen LogP contribution in [-0.4, -0.2) is 76.5 Å². The van der Waals surface area contributed by atoms with Crippen LogP contribution in [0.5, 0.6) is 11.5 Å². The number of phenolic OH excluding ortho intramolecular Hbond substituents is 2. The van der Waals surface area contributed by atoms with Gasteiger partial charge >= 0.3 is 24.1 Å². The fourth-order valence-electron chi connectivity index (χ4n) is 12.0. The predicted octanol–water partition coefficient (Wildman–Crippen LogP) is 18.6. The van der Waals surface area contributed by atoms with E-state index < -0.39 is 78.9 Å². The van der Waals surface area contributed by atoms with Gasteiger partial charge in [0, 0.05) is 36.6 Å². The number of amides is 2. The van der Waals surface area contributed by atoms with Crippen LogP contribution in [0.3, 0.4) is 0 Å². The molecule has 1 aromatic heterocycles. The van der Waals surface area contributed by atoms with Gasteiger partial charge in [0.15, 0.2) is 14.3 Å². The van der Waals surface area contributed by atoms with E-state index in [0.717, 1.165) is 28.4 Å². The molecule has 0 aliphatic heterocycles. The number of aromatic hydroxyl groups is 2. The Kier molecular flexibility index (Phi) is 26.2. The van der Waals surface area contributed by atoms with Gasteiger partial charge in [0.05, 0.1) is 37.7 Å². The number of alkyl halides is 3. The highest BCUT2D eigenvalue weighted by atomic mass is 127. The van der Waals surface area contributed by atoms with Crippen LogP contribution in [0, 0.1) is 37.1 Å². The molecule has 4 aliphatic carbocycles. The lowest BCUT2D eigenvalue weighted by Gasteiger charge is -2.60. The third kappa shape index (κ3) is 20.4. The Morgan fingerprint density at radius 1 is 0.667 bits per heavy atom. The molecule has 0 radical (unpaired) electrons. The topological polar surface area (TPSA) is 223 Å². The molecule has 14 nitrogen and oxygen atoms in total. The zero-order valence-corrected chi connectivity index (χ0v) is 61.0. The number of phenols is 2. The Bertz CT molecular complexity index is 3880. The highest BCUT2D eigenvalue weighted by Gasteiger charge is 2.64. The number of carbonyl (C=O) groups is 5. The van der Waals surface area contributed by atoms with Crippen molar-refractivity contribution in [1.29, 1.82) is 0 Å². The SMILES string of the molecule is CCC(C)(C)C(=O)NC(=O)c1cc(I)ccc1O.CCC(C)(C)C(=O)OC(C)(C)c1ccccc1.CCC(C)(C)C(=O)OC12CC3CC(C1)CC(C(=O)OC(CS(=O)(=O)[O-])C(F)(F)F)(C3)C2.CCC(C)c1cccc(O)c1.c1ccc(-[s+]2c3ccccc3c3ccccc32)cc1. The number of halogens is 4. The first-order chi connectivity index (χ1) is 44.7. The van der Waals surface area contributed by atoms with Crippen molar-refractivity contribution in [2.45, 2.75) is 184 Å². The summed E-state index contributed by atoms with van der Waals surface area (Å²) in [6.45, 7) is 24.7. The molecule has 3 N–H and O–H groups in total. The summed E-state index contributed by atoms with van der Waals surface area (Å²) in [6.07, 6.45) is -2.62. The first-order valence-electron chi connectivity index (χ1n) is 32.6. The number of ether oxygens (including phenoxy) is 3. The van der Waals surface area contributed by atoms with Gasteiger partial charge in [-0.25, -0.2) is 8.42 Å². The summed E-state index contributed by atoms with van der Waals surface area (Å²) in [4.78, 5) is 62.9. The molecule has 6 aromatic carbocycles. The zero-order valence-electron chi connectivity index (χ0n) is 57.2. The van der Waals surface area contributed by atoms with Gasteiger partial charge < -0.3 is 29.0 Å². The first kappa shape index (κ1) is 78.1. The zero-order chi connectivity index (χ0) is 71.4. The molecule has 4 saturated carbocycles. The fourth-order valence-corrected chi connectivity index (χ4v) is 15.5. The minimum atomic E-state index is -5.27. The maximum Gasteiger partial charge on any atom is 0.426 e. The lowest BCUT2D eigenvalue weighted by Crippen LogP contribution is -2.61. The van der Waals surface area contributed by atoms with Gasteiger partial charge in [0.2, 0.25) is 12.0 Å².